The fraction of sp³-hybridized carbons (Fsp3) is 0.483. The molecule has 0 unspecified atom stereocenters. The maximum absolute atomic E-state index is 6.47. The van der Waals surface area contributed by atoms with E-state index in [4.69, 9.17) is 14.8 Å². The molecule has 4 heterocycles. The molecule has 0 N–H and O–H groups in total. The molecule has 1 saturated heterocycles. The topological polar surface area (TPSA) is 64.2 Å². The number of fused-ring (bicyclic) bond motifs is 1. The SMILES string of the molecule is Cc1nn(Cc2cccc(C3CC3)n2)c2c(OCCN3CCN(C(C)C)CC3)ccc(-n3ccnc3)c12. The highest BCUT2D eigenvalue weighted by Crippen LogP contribution is 2.39. The highest BCUT2D eigenvalue weighted by molar-refractivity contribution is 5.94. The lowest BCUT2D eigenvalue weighted by molar-refractivity contribution is 0.0972. The van der Waals surface area contributed by atoms with Crippen molar-refractivity contribution < 1.29 is 4.74 Å². The number of hydrogen-bond acceptors (Lipinski definition) is 6. The van der Waals surface area contributed by atoms with Crippen LogP contribution in [0.5, 0.6) is 5.75 Å². The summed E-state index contributed by atoms with van der Waals surface area (Å²) < 4.78 is 10.6. The molecule has 194 valence electrons. The van der Waals surface area contributed by atoms with E-state index in [1.807, 2.05) is 23.3 Å². The summed E-state index contributed by atoms with van der Waals surface area (Å²) in [7, 11) is 0. The Bertz CT molecular complexity index is 1350. The first-order valence-corrected chi connectivity index (χ1v) is 13.6. The molecule has 37 heavy (non-hydrogen) atoms. The standard InChI is InChI=1S/C29H37N7O/c1-21(2)34-15-13-33(14-16-34)17-18-37-27-10-9-26(35-12-11-30-20-35)28-22(3)32-36(29(27)28)19-24-5-4-6-25(31-24)23-7-8-23/h4-6,9-12,20-21,23H,7-8,13-19H2,1-3H3. The van der Waals surface area contributed by atoms with Crippen LogP contribution in [-0.4, -0.2) is 79.5 Å². The van der Waals surface area contributed by atoms with Gasteiger partial charge in [-0.3, -0.25) is 19.5 Å². The number of piperazine rings is 1. The predicted molar refractivity (Wildman–Crippen MR) is 146 cm³/mol. The van der Waals surface area contributed by atoms with E-state index in [2.05, 4.69) is 70.6 Å². The molecule has 0 bridgehead atoms. The summed E-state index contributed by atoms with van der Waals surface area (Å²) in [6, 6.07) is 11.2. The second kappa shape index (κ2) is 10.3. The van der Waals surface area contributed by atoms with Gasteiger partial charge in [0.1, 0.15) is 17.9 Å². The molecule has 0 spiro atoms. The number of imidazole rings is 1. The molecule has 1 aliphatic heterocycles. The van der Waals surface area contributed by atoms with Gasteiger partial charge in [0.2, 0.25) is 0 Å². The molecule has 2 aliphatic rings. The van der Waals surface area contributed by atoms with Gasteiger partial charge in [0.15, 0.2) is 0 Å². The normalized spacial score (nSPS) is 17.2. The van der Waals surface area contributed by atoms with Crippen LogP contribution >= 0.6 is 0 Å². The van der Waals surface area contributed by atoms with E-state index in [1.54, 1.807) is 0 Å². The van der Waals surface area contributed by atoms with Crippen molar-refractivity contribution in [3.63, 3.8) is 0 Å². The first-order valence-electron chi connectivity index (χ1n) is 13.6. The molecular formula is C29H37N7O. The fourth-order valence-corrected chi connectivity index (χ4v) is 5.44. The van der Waals surface area contributed by atoms with Crippen molar-refractivity contribution in [2.24, 2.45) is 0 Å². The highest BCUT2D eigenvalue weighted by Gasteiger charge is 2.25. The number of aromatic nitrogens is 5. The van der Waals surface area contributed by atoms with Crippen LogP contribution in [0.4, 0.5) is 0 Å². The van der Waals surface area contributed by atoms with Crippen molar-refractivity contribution in [3.8, 4) is 11.4 Å². The lowest BCUT2D eigenvalue weighted by Gasteiger charge is -2.36. The third-order valence-electron chi connectivity index (χ3n) is 7.73. The first-order chi connectivity index (χ1) is 18.1. The molecule has 6 rings (SSSR count). The number of hydrogen-bond donors (Lipinski definition) is 0. The zero-order valence-electron chi connectivity index (χ0n) is 22.2. The maximum atomic E-state index is 6.47. The molecule has 0 amide bonds. The molecule has 8 heteroatoms. The molecule has 1 saturated carbocycles. The van der Waals surface area contributed by atoms with Crippen molar-refractivity contribution in [1.29, 1.82) is 0 Å². The Balaban J connectivity index is 1.27. The van der Waals surface area contributed by atoms with E-state index >= 15 is 0 Å². The Morgan fingerprint density at radius 1 is 1.05 bits per heavy atom. The second-order valence-corrected chi connectivity index (χ2v) is 10.7. The number of nitrogens with zero attached hydrogens (tertiary/aromatic N) is 7. The monoisotopic (exact) mass is 499 g/mol. The minimum absolute atomic E-state index is 0.615. The lowest BCUT2D eigenvalue weighted by atomic mass is 10.1. The van der Waals surface area contributed by atoms with Crippen LogP contribution in [0.2, 0.25) is 0 Å². The van der Waals surface area contributed by atoms with Crippen LogP contribution in [0.25, 0.3) is 16.6 Å². The smallest absolute Gasteiger partial charge is 0.145 e. The third-order valence-corrected chi connectivity index (χ3v) is 7.73. The van der Waals surface area contributed by atoms with Gasteiger partial charge in [-0.15, -0.1) is 0 Å². The summed E-state index contributed by atoms with van der Waals surface area (Å²) in [6.07, 6.45) is 8.12. The Hall–Kier alpha value is -3.23. The molecule has 0 atom stereocenters. The molecule has 8 nitrogen and oxygen atoms in total. The van der Waals surface area contributed by atoms with Crippen molar-refractivity contribution in [2.45, 2.75) is 52.1 Å². The zero-order valence-corrected chi connectivity index (χ0v) is 22.2. The summed E-state index contributed by atoms with van der Waals surface area (Å²) in [5, 5.41) is 6.07. The van der Waals surface area contributed by atoms with E-state index < -0.39 is 0 Å². The lowest BCUT2D eigenvalue weighted by Crippen LogP contribution is -2.49. The van der Waals surface area contributed by atoms with Crippen LogP contribution in [0.3, 0.4) is 0 Å². The average molecular weight is 500 g/mol. The Kier molecular flexibility index (Phi) is 6.69. The number of rotatable bonds is 9. The molecular weight excluding hydrogens is 462 g/mol. The largest absolute Gasteiger partial charge is 0.490 e. The van der Waals surface area contributed by atoms with Crippen molar-refractivity contribution in [1.82, 2.24) is 34.1 Å². The number of benzene rings is 1. The number of pyridine rings is 1. The van der Waals surface area contributed by atoms with Crippen LogP contribution in [0, 0.1) is 6.92 Å². The molecule has 1 aliphatic carbocycles. The average Bonchev–Trinajstić information content (AvgIpc) is 3.52. The summed E-state index contributed by atoms with van der Waals surface area (Å²) in [5.41, 5.74) is 5.31. The quantitative estimate of drug-likeness (QED) is 0.343. The van der Waals surface area contributed by atoms with Crippen molar-refractivity contribution in [3.05, 3.63) is 66.1 Å². The van der Waals surface area contributed by atoms with Crippen LogP contribution in [-0.2, 0) is 6.54 Å². The minimum atomic E-state index is 0.615. The molecule has 1 aromatic carbocycles. The van der Waals surface area contributed by atoms with E-state index in [-0.39, 0.29) is 0 Å². The predicted octanol–water partition coefficient (Wildman–Crippen LogP) is 4.26. The van der Waals surface area contributed by atoms with Crippen LogP contribution in [0.15, 0.2) is 49.1 Å². The van der Waals surface area contributed by atoms with Crippen molar-refractivity contribution >= 4 is 10.9 Å². The summed E-state index contributed by atoms with van der Waals surface area (Å²) in [6.45, 7) is 13.3. The van der Waals surface area contributed by atoms with Gasteiger partial charge in [0.25, 0.3) is 0 Å². The minimum Gasteiger partial charge on any atom is -0.490 e. The Morgan fingerprint density at radius 2 is 1.89 bits per heavy atom. The van der Waals surface area contributed by atoms with Crippen LogP contribution in [0.1, 0.15) is 49.7 Å². The van der Waals surface area contributed by atoms with E-state index in [1.165, 1.54) is 18.5 Å². The summed E-state index contributed by atoms with van der Waals surface area (Å²) in [5.74, 6) is 1.50. The molecule has 3 aromatic heterocycles. The number of ether oxygens (including phenoxy) is 1. The van der Waals surface area contributed by atoms with Gasteiger partial charge >= 0.3 is 0 Å². The number of aryl methyl sites for hydroxylation is 1. The third kappa shape index (κ3) is 5.13. The summed E-state index contributed by atoms with van der Waals surface area (Å²) in [4.78, 5) is 14.3. The van der Waals surface area contributed by atoms with Gasteiger partial charge in [0.05, 0.1) is 35.3 Å². The van der Waals surface area contributed by atoms with Gasteiger partial charge in [-0.2, -0.15) is 5.10 Å². The van der Waals surface area contributed by atoms with Crippen molar-refractivity contribution in [2.75, 3.05) is 39.3 Å². The van der Waals surface area contributed by atoms with E-state index in [9.17, 15) is 0 Å². The fourth-order valence-electron chi connectivity index (χ4n) is 5.44. The van der Waals surface area contributed by atoms with Crippen LogP contribution < -0.4 is 4.74 Å². The van der Waals surface area contributed by atoms with E-state index in [0.29, 0.717) is 25.1 Å². The Labute approximate surface area is 218 Å². The van der Waals surface area contributed by atoms with Gasteiger partial charge < -0.3 is 9.30 Å². The second-order valence-electron chi connectivity index (χ2n) is 10.7. The molecule has 0 radical (unpaired) electrons. The van der Waals surface area contributed by atoms with E-state index in [0.717, 1.165) is 66.5 Å². The molecule has 2 fully saturated rings. The first kappa shape index (κ1) is 24.1. The Morgan fingerprint density at radius 3 is 2.62 bits per heavy atom. The van der Waals surface area contributed by atoms with Gasteiger partial charge in [-0.25, -0.2) is 4.98 Å². The van der Waals surface area contributed by atoms with Gasteiger partial charge in [-0.1, -0.05) is 6.07 Å². The highest BCUT2D eigenvalue weighted by atomic mass is 16.5. The summed E-state index contributed by atoms with van der Waals surface area (Å²) >= 11 is 0. The molecule has 4 aromatic rings. The maximum Gasteiger partial charge on any atom is 0.145 e. The van der Waals surface area contributed by atoms with Gasteiger partial charge in [0, 0.05) is 62.8 Å². The zero-order chi connectivity index (χ0) is 25.4. The van der Waals surface area contributed by atoms with Gasteiger partial charge in [-0.05, 0) is 57.9 Å².